The number of hydrogen-bond acceptors (Lipinski definition) is 4. The summed E-state index contributed by atoms with van der Waals surface area (Å²) in [5.41, 5.74) is 0. The highest BCUT2D eigenvalue weighted by Crippen LogP contribution is 2.25. The molecule has 0 bridgehead atoms. The van der Waals surface area contributed by atoms with Crippen LogP contribution in [0.2, 0.25) is 0 Å². The quantitative estimate of drug-likeness (QED) is 0.545. The van der Waals surface area contributed by atoms with Crippen LogP contribution in [0.25, 0.3) is 0 Å². The standard InChI is InChI=1S/C12H23N3O5S/c1-15(7-5-11(16)17)12(18)13-6-8-21(19,20)14-9-10-3-2-4-10/h10,14H,2-9H2,1H3,(H,13,18)(H,16,17). The van der Waals surface area contributed by atoms with Crippen molar-refractivity contribution in [2.24, 2.45) is 5.92 Å². The summed E-state index contributed by atoms with van der Waals surface area (Å²) in [7, 11) is -1.92. The van der Waals surface area contributed by atoms with E-state index in [-0.39, 0.29) is 25.3 Å². The number of carboxylic acid groups (broad SMARTS) is 1. The lowest BCUT2D eigenvalue weighted by Crippen LogP contribution is -2.42. The Morgan fingerprint density at radius 3 is 2.52 bits per heavy atom. The molecule has 0 heterocycles. The van der Waals surface area contributed by atoms with E-state index in [4.69, 9.17) is 5.11 Å². The van der Waals surface area contributed by atoms with Crippen molar-refractivity contribution in [3.8, 4) is 0 Å². The normalized spacial score (nSPS) is 15.3. The fraction of sp³-hybridized carbons (Fsp3) is 0.833. The van der Waals surface area contributed by atoms with Gasteiger partial charge in [-0.25, -0.2) is 17.9 Å². The van der Waals surface area contributed by atoms with E-state index in [2.05, 4.69) is 10.0 Å². The molecule has 1 saturated carbocycles. The Bertz CT molecular complexity index is 462. The van der Waals surface area contributed by atoms with Gasteiger partial charge in [-0.05, 0) is 18.8 Å². The Morgan fingerprint density at radius 2 is 2.00 bits per heavy atom. The molecule has 0 aromatic heterocycles. The first-order valence-corrected chi connectivity index (χ1v) is 8.63. The van der Waals surface area contributed by atoms with E-state index in [1.54, 1.807) is 0 Å². The Balaban J connectivity index is 2.18. The van der Waals surface area contributed by atoms with Crippen molar-refractivity contribution in [3.05, 3.63) is 0 Å². The minimum absolute atomic E-state index is 0.00373. The number of aliphatic carboxylic acids is 1. The third kappa shape index (κ3) is 7.28. The van der Waals surface area contributed by atoms with Gasteiger partial charge in [0.05, 0.1) is 12.2 Å². The minimum atomic E-state index is -3.38. The zero-order chi connectivity index (χ0) is 15.9. The Morgan fingerprint density at radius 1 is 1.33 bits per heavy atom. The molecule has 2 amide bonds. The summed E-state index contributed by atoms with van der Waals surface area (Å²) in [5, 5.41) is 11.0. The molecule has 21 heavy (non-hydrogen) atoms. The van der Waals surface area contributed by atoms with E-state index < -0.39 is 22.0 Å². The van der Waals surface area contributed by atoms with Gasteiger partial charge in [0.25, 0.3) is 0 Å². The molecule has 1 rings (SSSR count). The minimum Gasteiger partial charge on any atom is -0.481 e. The first-order valence-electron chi connectivity index (χ1n) is 6.98. The van der Waals surface area contributed by atoms with Gasteiger partial charge < -0.3 is 15.3 Å². The number of nitrogens with zero attached hydrogens (tertiary/aromatic N) is 1. The number of urea groups is 1. The summed E-state index contributed by atoms with van der Waals surface area (Å²) in [6.07, 6.45) is 3.14. The van der Waals surface area contributed by atoms with Gasteiger partial charge in [-0.15, -0.1) is 0 Å². The van der Waals surface area contributed by atoms with Gasteiger partial charge in [-0.1, -0.05) is 6.42 Å². The monoisotopic (exact) mass is 321 g/mol. The molecule has 9 heteroatoms. The molecular formula is C12H23N3O5S. The third-order valence-electron chi connectivity index (χ3n) is 3.47. The average Bonchev–Trinajstić information content (AvgIpc) is 2.33. The van der Waals surface area contributed by atoms with Gasteiger partial charge in [-0.2, -0.15) is 0 Å². The van der Waals surface area contributed by atoms with E-state index in [0.717, 1.165) is 19.3 Å². The molecule has 0 atom stereocenters. The molecule has 0 unspecified atom stereocenters. The van der Waals surface area contributed by atoms with Gasteiger partial charge in [-0.3, -0.25) is 4.79 Å². The van der Waals surface area contributed by atoms with Crippen LogP contribution < -0.4 is 10.0 Å². The number of hydrogen-bond donors (Lipinski definition) is 3. The summed E-state index contributed by atoms with van der Waals surface area (Å²) in [6.45, 7) is 0.541. The Kier molecular flexibility index (Phi) is 6.90. The van der Waals surface area contributed by atoms with Crippen LogP contribution in [0.1, 0.15) is 25.7 Å². The molecule has 1 aliphatic carbocycles. The summed E-state index contributed by atoms with van der Waals surface area (Å²) in [4.78, 5) is 23.2. The first kappa shape index (κ1) is 17.7. The average molecular weight is 321 g/mol. The molecule has 8 nitrogen and oxygen atoms in total. The topological polar surface area (TPSA) is 116 Å². The number of nitrogens with one attached hydrogen (secondary N) is 2. The SMILES string of the molecule is CN(CCC(=O)O)C(=O)NCCS(=O)(=O)NCC1CCC1. The highest BCUT2D eigenvalue weighted by atomic mass is 32.2. The molecule has 0 aromatic rings. The molecule has 1 aliphatic rings. The number of carbonyl (C=O) groups excluding carboxylic acids is 1. The Labute approximate surface area is 124 Å². The maximum Gasteiger partial charge on any atom is 0.317 e. The van der Waals surface area contributed by atoms with Crippen molar-refractivity contribution >= 4 is 22.0 Å². The molecule has 0 aromatic carbocycles. The van der Waals surface area contributed by atoms with Crippen LogP contribution in [0.15, 0.2) is 0 Å². The fourth-order valence-electron chi connectivity index (χ4n) is 1.81. The van der Waals surface area contributed by atoms with Crippen molar-refractivity contribution in [1.82, 2.24) is 14.9 Å². The van der Waals surface area contributed by atoms with E-state index in [9.17, 15) is 18.0 Å². The van der Waals surface area contributed by atoms with Gasteiger partial charge in [0.1, 0.15) is 0 Å². The molecule has 0 saturated heterocycles. The van der Waals surface area contributed by atoms with Crippen molar-refractivity contribution in [2.75, 3.05) is 32.4 Å². The number of rotatable bonds is 9. The van der Waals surface area contributed by atoms with E-state index in [1.165, 1.54) is 11.9 Å². The molecule has 0 spiro atoms. The zero-order valence-corrected chi connectivity index (χ0v) is 13.0. The molecule has 0 aliphatic heterocycles. The molecule has 1 fully saturated rings. The molecule has 3 N–H and O–H groups in total. The predicted molar refractivity (Wildman–Crippen MR) is 77.4 cm³/mol. The lowest BCUT2D eigenvalue weighted by molar-refractivity contribution is -0.137. The number of amides is 2. The highest BCUT2D eigenvalue weighted by Gasteiger charge is 2.20. The summed E-state index contributed by atoms with van der Waals surface area (Å²) < 4.78 is 25.9. The largest absolute Gasteiger partial charge is 0.481 e. The second-order valence-electron chi connectivity index (χ2n) is 5.26. The van der Waals surface area contributed by atoms with Gasteiger partial charge in [0.2, 0.25) is 10.0 Å². The summed E-state index contributed by atoms with van der Waals surface area (Å²) >= 11 is 0. The second kappa shape index (κ2) is 8.18. The molecule has 122 valence electrons. The van der Waals surface area contributed by atoms with Crippen LogP contribution in [-0.4, -0.2) is 62.9 Å². The summed E-state index contributed by atoms with van der Waals surface area (Å²) in [6, 6.07) is -0.481. The number of sulfonamides is 1. The zero-order valence-electron chi connectivity index (χ0n) is 12.2. The van der Waals surface area contributed by atoms with E-state index in [1.807, 2.05) is 0 Å². The third-order valence-corrected chi connectivity index (χ3v) is 4.82. The van der Waals surface area contributed by atoms with Crippen molar-refractivity contribution < 1.29 is 23.1 Å². The predicted octanol–water partition coefficient (Wildman–Crippen LogP) is -0.178. The lowest BCUT2D eigenvalue weighted by Gasteiger charge is -2.25. The number of carboxylic acids is 1. The van der Waals surface area contributed by atoms with Crippen LogP contribution >= 0.6 is 0 Å². The lowest BCUT2D eigenvalue weighted by atomic mass is 9.86. The van der Waals surface area contributed by atoms with Crippen LogP contribution in [-0.2, 0) is 14.8 Å². The van der Waals surface area contributed by atoms with Crippen LogP contribution in [0.3, 0.4) is 0 Å². The Hall–Kier alpha value is -1.35. The fourth-order valence-corrected chi connectivity index (χ4v) is 2.81. The smallest absolute Gasteiger partial charge is 0.317 e. The first-order chi connectivity index (χ1) is 9.80. The maximum atomic E-state index is 11.7. The van der Waals surface area contributed by atoms with Gasteiger partial charge in [0, 0.05) is 26.7 Å². The second-order valence-corrected chi connectivity index (χ2v) is 7.19. The van der Waals surface area contributed by atoms with Crippen molar-refractivity contribution in [2.45, 2.75) is 25.7 Å². The highest BCUT2D eigenvalue weighted by molar-refractivity contribution is 7.89. The number of carbonyl (C=O) groups is 2. The maximum absolute atomic E-state index is 11.7. The van der Waals surface area contributed by atoms with Crippen LogP contribution in [0.5, 0.6) is 0 Å². The summed E-state index contributed by atoms with van der Waals surface area (Å²) in [5.74, 6) is -0.730. The molecule has 0 radical (unpaired) electrons. The van der Waals surface area contributed by atoms with E-state index >= 15 is 0 Å². The van der Waals surface area contributed by atoms with Gasteiger partial charge in [0.15, 0.2) is 0 Å². The van der Waals surface area contributed by atoms with Gasteiger partial charge >= 0.3 is 12.0 Å². The van der Waals surface area contributed by atoms with Crippen molar-refractivity contribution in [1.29, 1.82) is 0 Å². The van der Waals surface area contributed by atoms with Crippen LogP contribution in [0, 0.1) is 5.92 Å². The van der Waals surface area contributed by atoms with Crippen molar-refractivity contribution in [3.63, 3.8) is 0 Å². The van der Waals surface area contributed by atoms with E-state index in [0.29, 0.717) is 12.5 Å². The van der Waals surface area contributed by atoms with Crippen LogP contribution in [0.4, 0.5) is 4.79 Å². The molecular weight excluding hydrogens is 298 g/mol.